The maximum Gasteiger partial charge on any atom is 0.350 e. The average molecular weight is 612 g/mol. The topological polar surface area (TPSA) is 110 Å². The predicted molar refractivity (Wildman–Crippen MR) is 162 cm³/mol. The Morgan fingerprint density at radius 1 is 1.05 bits per heavy atom. The standard InChI is InChI=1S/C32H22ClN3O6S/c1-3-41-29(39)27-17(2)34-31(43-27)36-28(38)26-24(25(37)20-15-19(33)13-14-23(20)42-26)32(36)21-11-7-8-12-22(21)35(30(32)40)16-18-9-5-4-6-10-18/h4-15H,3,16H2,1-2H3. The van der Waals surface area contributed by atoms with Crippen molar-refractivity contribution < 1.29 is 23.5 Å². The third-order valence-electron chi connectivity index (χ3n) is 7.71. The van der Waals surface area contributed by atoms with E-state index in [9.17, 15) is 19.2 Å². The van der Waals surface area contributed by atoms with Crippen LogP contribution in [-0.2, 0) is 21.6 Å². The smallest absolute Gasteiger partial charge is 0.350 e. The van der Waals surface area contributed by atoms with Crippen molar-refractivity contribution in [1.29, 1.82) is 0 Å². The van der Waals surface area contributed by atoms with E-state index in [1.807, 2.05) is 30.3 Å². The van der Waals surface area contributed by atoms with Gasteiger partial charge in [0.05, 0.1) is 35.5 Å². The van der Waals surface area contributed by atoms with Crippen LogP contribution in [0.4, 0.5) is 10.8 Å². The van der Waals surface area contributed by atoms with Crippen LogP contribution in [0.15, 0.2) is 82.0 Å². The van der Waals surface area contributed by atoms with Gasteiger partial charge < -0.3 is 14.1 Å². The number of hydrogen-bond acceptors (Lipinski definition) is 8. The molecule has 1 unspecified atom stereocenters. The first-order valence-electron chi connectivity index (χ1n) is 13.5. The largest absolute Gasteiger partial charge is 0.462 e. The summed E-state index contributed by atoms with van der Waals surface area (Å²) in [7, 11) is 0. The molecule has 0 aliphatic carbocycles. The van der Waals surface area contributed by atoms with E-state index in [0.29, 0.717) is 22.0 Å². The number of para-hydroxylation sites is 1. The van der Waals surface area contributed by atoms with Gasteiger partial charge in [-0.05, 0) is 43.7 Å². The van der Waals surface area contributed by atoms with Gasteiger partial charge in [-0.2, -0.15) is 0 Å². The van der Waals surface area contributed by atoms with Crippen molar-refractivity contribution in [1.82, 2.24) is 4.98 Å². The number of amides is 2. The van der Waals surface area contributed by atoms with Gasteiger partial charge in [-0.25, -0.2) is 9.78 Å². The molecule has 7 rings (SSSR count). The number of ether oxygens (including phenoxy) is 1. The Labute approximate surface area is 253 Å². The van der Waals surface area contributed by atoms with Crippen molar-refractivity contribution in [2.75, 3.05) is 16.4 Å². The highest BCUT2D eigenvalue weighted by atomic mass is 35.5. The summed E-state index contributed by atoms with van der Waals surface area (Å²) >= 11 is 7.18. The Hall–Kier alpha value is -4.80. The van der Waals surface area contributed by atoms with E-state index in [1.54, 1.807) is 49.1 Å². The third-order valence-corrected chi connectivity index (χ3v) is 9.06. The lowest BCUT2D eigenvalue weighted by Crippen LogP contribution is -2.53. The number of halogens is 1. The van der Waals surface area contributed by atoms with Gasteiger partial charge in [-0.15, -0.1) is 0 Å². The van der Waals surface area contributed by atoms with Crippen LogP contribution in [0.25, 0.3) is 11.0 Å². The fourth-order valence-electron chi connectivity index (χ4n) is 5.92. The molecule has 0 fully saturated rings. The third kappa shape index (κ3) is 3.80. The van der Waals surface area contributed by atoms with E-state index in [0.717, 1.165) is 16.9 Å². The number of aryl methyl sites for hydroxylation is 1. The van der Waals surface area contributed by atoms with Crippen molar-refractivity contribution >= 4 is 62.5 Å². The molecule has 43 heavy (non-hydrogen) atoms. The fraction of sp³-hybridized carbons (Fsp3) is 0.156. The first-order valence-corrected chi connectivity index (χ1v) is 14.7. The fourth-order valence-corrected chi connectivity index (χ4v) is 7.11. The van der Waals surface area contributed by atoms with Crippen molar-refractivity contribution in [3.05, 3.63) is 121 Å². The molecule has 0 saturated carbocycles. The maximum atomic E-state index is 15.0. The number of fused-ring (bicyclic) bond motifs is 5. The lowest BCUT2D eigenvalue weighted by atomic mass is 9.84. The van der Waals surface area contributed by atoms with E-state index < -0.39 is 28.8 Å². The molecule has 2 aromatic heterocycles. The molecule has 0 bridgehead atoms. The first kappa shape index (κ1) is 27.1. The second kappa shape index (κ2) is 9.89. The van der Waals surface area contributed by atoms with Crippen LogP contribution in [-0.4, -0.2) is 29.4 Å². The zero-order valence-corrected chi connectivity index (χ0v) is 24.5. The Morgan fingerprint density at radius 3 is 2.56 bits per heavy atom. The zero-order valence-electron chi connectivity index (χ0n) is 22.9. The van der Waals surface area contributed by atoms with Gasteiger partial charge in [0.15, 0.2) is 16.1 Å². The molecule has 1 spiro atoms. The average Bonchev–Trinajstić information content (AvgIpc) is 3.59. The molecule has 0 N–H and O–H groups in total. The molecule has 2 amide bonds. The Kier molecular flexibility index (Phi) is 6.22. The van der Waals surface area contributed by atoms with Crippen molar-refractivity contribution in [3.63, 3.8) is 0 Å². The van der Waals surface area contributed by atoms with Crippen LogP contribution in [0.2, 0.25) is 5.02 Å². The van der Waals surface area contributed by atoms with Crippen molar-refractivity contribution in [2.24, 2.45) is 0 Å². The second-order valence-electron chi connectivity index (χ2n) is 10.2. The summed E-state index contributed by atoms with van der Waals surface area (Å²) in [6, 6.07) is 21.0. The summed E-state index contributed by atoms with van der Waals surface area (Å²) in [6.45, 7) is 3.65. The van der Waals surface area contributed by atoms with Crippen molar-refractivity contribution in [3.8, 4) is 0 Å². The molecule has 0 saturated heterocycles. The number of carbonyl (C=O) groups is 3. The van der Waals surface area contributed by atoms with Crippen LogP contribution in [0.1, 0.15) is 49.5 Å². The Balaban J connectivity index is 1.55. The maximum absolute atomic E-state index is 15.0. The first-order chi connectivity index (χ1) is 20.8. The van der Waals surface area contributed by atoms with Crippen LogP contribution in [0.3, 0.4) is 0 Å². The molecular formula is C32H22ClN3O6S. The predicted octanol–water partition coefficient (Wildman–Crippen LogP) is 5.84. The van der Waals surface area contributed by atoms with Gasteiger partial charge in [-0.3, -0.25) is 19.3 Å². The molecule has 2 aliphatic heterocycles. The number of hydrogen-bond donors (Lipinski definition) is 0. The molecule has 5 aromatic rings. The van der Waals surface area contributed by atoms with E-state index in [2.05, 4.69) is 4.98 Å². The number of carbonyl (C=O) groups excluding carboxylic acids is 3. The summed E-state index contributed by atoms with van der Waals surface area (Å²) < 4.78 is 11.3. The summed E-state index contributed by atoms with van der Waals surface area (Å²) in [5.41, 5.74) is -0.344. The highest BCUT2D eigenvalue weighted by molar-refractivity contribution is 7.17. The van der Waals surface area contributed by atoms with Gasteiger partial charge in [0.25, 0.3) is 11.8 Å². The highest BCUT2D eigenvalue weighted by Gasteiger charge is 2.66. The molecule has 11 heteroatoms. The van der Waals surface area contributed by atoms with Gasteiger partial charge in [0.1, 0.15) is 10.5 Å². The quantitative estimate of drug-likeness (QED) is 0.230. The van der Waals surface area contributed by atoms with Gasteiger partial charge >= 0.3 is 5.97 Å². The Morgan fingerprint density at radius 2 is 1.79 bits per heavy atom. The number of aromatic nitrogens is 1. The summed E-state index contributed by atoms with van der Waals surface area (Å²) in [5, 5.41) is 0.492. The van der Waals surface area contributed by atoms with Gasteiger partial charge in [0.2, 0.25) is 5.76 Å². The number of benzene rings is 3. The number of rotatable bonds is 5. The van der Waals surface area contributed by atoms with Crippen molar-refractivity contribution in [2.45, 2.75) is 25.9 Å². The van der Waals surface area contributed by atoms with Crippen LogP contribution in [0, 0.1) is 6.92 Å². The summed E-state index contributed by atoms with van der Waals surface area (Å²) in [6.07, 6.45) is 0. The van der Waals surface area contributed by atoms with Gasteiger partial charge in [0, 0.05) is 10.6 Å². The SMILES string of the molecule is CCOC(=O)c1sc(N2C(=O)c3oc4ccc(Cl)cc4c(=O)c3C23C(=O)N(Cc2ccccc2)c2ccccc23)nc1C. The molecular weight excluding hydrogens is 590 g/mol. The second-order valence-corrected chi connectivity index (χ2v) is 11.6. The summed E-state index contributed by atoms with van der Waals surface area (Å²) in [5.74, 6) is -2.11. The molecule has 214 valence electrons. The van der Waals surface area contributed by atoms with E-state index in [4.69, 9.17) is 20.8 Å². The lowest BCUT2D eigenvalue weighted by Gasteiger charge is -2.32. The number of nitrogens with zero attached hydrogens (tertiary/aromatic N) is 3. The van der Waals surface area contributed by atoms with E-state index in [-0.39, 0.29) is 45.5 Å². The van der Waals surface area contributed by atoms with Crippen LogP contribution >= 0.6 is 22.9 Å². The normalized spacial score (nSPS) is 17.2. The number of esters is 1. The molecule has 0 radical (unpaired) electrons. The molecule has 1 atom stereocenters. The molecule has 2 aliphatic rings. The van der Waals surface area contributed by atoms with E-state index >= 15 is 0 Å². The monoisotopic (exact) mass is 611 g/mol. The minimum atomic E-state index is -1.95. The number of anilines is 2. The lowest BCUT2D eigenvalue weighted by molar-refractivity contribution is -0.121. The number of thiazole rings is 1. The minimum absolute atomic E-state index is 0.0585. The van der Waals surface area contributed by atoms with Crippen LogP contribution in [0.5, 0.6) is 0 Å². The molecule has 3 aromatic carbocycles. The molecule has 4 heterocycles. The zero-order chi connectivity index (χ0) is 30.0. The Bertz CT molecular complexity index is 2060. The minimum Gasteiger partial charge on any atom is -0.462 e. The summed E-state index contributed by atoms with van der Waals surface area (Å²) in [4.78, 5) is 64.0. The van der Waals surface area contributed by atoms with E-state index in [1.165, 1.54) is 17.0 Å². The highest BCUT2D eigenvalue weighted by Crippen LogP contribution is 2.55. The van der Waals surface area contributed by atoms with Crippen LogP contribution < -0.4 is 15.2 Å². The van der Waals surface area contributed by atoms with Gasteiger partial charge in [-0.1, -0.05) is 71.5 Å². The molecule has 9 nitrogen and oxygen atoms in total.